The molecule has 0 heterocycles. The first-order chi connectivity index (χ1) is 13.1. The number of halogens is 2. The van der Waals surface area contributed by atoms with Gasteiger partial charge in [0.15, 0.2) is 5.75 Å². The number of carbonyl (C=O) groups is 1. The Balaban J connectivity index is 2.18. The fourth-order valence-electron chi connectivity index (χ4n) is 2.65. The minimum atomic E-state index is -0.00576. The summed E-state index contributed by atoms with van der Waals surface area (Å²) in [5, 5.41) is 13.0. The van der Waals surface area contributed by atoms with Crippen LogP contribution in [0.5, 0.6) is 17.2 Å². The SMILES string of the molecule is CC(C)c1cc(Oc2c(Br)cc(CC(=O)NC(C)C(C)C)cc2Br)ccc1O. The molecule has 2 aromatic carbocycles. The van der Waals surface area contributed by atoms with Gasteiger partial charge < -0.3 is 15.2 Å². The van der Waals surface area contributed by atoms with Crippen molar-refractivity contribution in [2.24, 2.45) is 5.92 Å². The first-order valence-corrected chi connectivity index (χ1v) is 10.9. The zero-order valence-electron chi connectivity index (χ0n) is 16.8. The van der Waals surface area contributed by atoms with Gasteiger partial charge in [-0.3, -0.25) is 4.79 Å². The summed E-state index contributed by atoms with van der Waals surface area (Å²) in [6, 6.07) is 9.13. The van der Waals surface area contributed by atoms with E-state index in [4.69, 9.17) is 4.74 Å². The molecule has 0 bridgehead atoms. The summed E-state index contributed by atoms with van der Waals surface area (Å²) in [7, 11) is 0. The topological polar surface area (TPSA) is 58.6 Å². The van der Waals surface area contributed by atoms with Crippen molar-refractivity contribution in [2.45, 2.75) is 53.0 Å². The Labute approximate surface area is 183 Å². The smallest absolute Gasteiger partial charge is 0.224 e. The van der Waals surface area contributed by atoms with Crippen LogP contribution in [0.3, 0.4) is 0 Å². The second-order valence-electron chi connectivity index (χ2n) is 7.64. The number of ether oxygens (including phenoxy) is 1. The average Bonchev–Trinajstić information content (AvgIpc) is 2.58. The van der Waals surface area contributed by atoms with E-state index in [1.807, 2.05) is 39.0 Å². The molecule has 0 saturated carbocycles. The van der Waals surface area contributed by atoms with Gasteiger partial charge in [-0.15, -0.1) is 0 Å². The first kappa shape index (κ1) is 22.8. The zero-order valence-corrected chi connectivity index (χ0v) is 20.0. The molecule has 1 amide bonds. The number of nitrogens with one attached hydrogen (secondary N) is 1. The summed E-state index contributed by atoms with van der Waals surface area (Å²) >= 11 is 7.09. The molecular weight excluding hydrogens is 486 g/mol. The number of phenols is 1. The third-order valence-corrected chi connectivity index (χ3v) is 5.83. The summed E-state index contributed by atoms with van der Waals surface area (Å²) in [5.41, 5.74) is 1.71. The third kappa shape index (κ3) is 5.98. The van der Waals surface area contributed by atoms with Gasteiger partial charge in [0.05, 0.1) is 15.4 Å². The number of hydrogen-bond donors (Lipinski definition) is 2. The largest absolute Gasteiger partial charge is 0.508 e. The summed E-state index contributed by atoms with van der Waals surface area (Å²) in [6.45, 7) is 10.2. The second kappa shape index (κ2) is 9.79. The van der Waals surface area contributed by atoms with Crippen molar-refractivity contribution >= 4 is 37.8 Å². The van der Waals surface area contributed by atoms with Gasteiger partial charge in [0.2, 0.25) is 5.91 Å². The standard InChI is InChI=1S/C22H27Br2NO3/c1-12(2)14(5)25-21(27)10-15-8-18(23)22(19(24)9-15)28-16-6-7-20(26)17(11-16)13(3)4/h6-9,11-14,26H,10H2,1-5H3,(H,25,27). The Kier molecular flexibility index (Phi) is 7.96. The molecular formula is C22H27Br2NO3. The molecule has 0 aliphatic heterocycles. The monoisotopic (exact) mass is 511 g/mol. The van der Waals surface area contributed by atoms with E-state index in [1.54, 1.807) is 12.1 Å². The van der Waals surface area contributed by atoms with Crippen LogP contribution in [-0.2, 0) is 11.2 Å². The highest BCUT2D eigenvalue weighted by Crippen LogP contribution is 2.39. The Bertz CT molecular complexity index is 827. The lowest BCUT2D eigenvalue weighted by Gasteiger charge is -2.18. The van der Waals surface area contributed by atoms with Crippen LogP contribution in [0.2, 0.25) is 0 Å². The van der Waals surface area contributed by atoms with Crippen LogP contribution < -0.4 is 10.1 Å². The van der Waals surface area contributed by atoms with Crippen molar-refractivity contribution in [1.82, 2.24) is 5.32 Å². The highest BCUT2D eigenvalue weighted by atomic mass is 79.9. The molecule has 0 fully saturated rings. The average molecular weight is 513 g/mol. The van der Waals surface area contributed by atoms with Gasteiger partial charge in [0.1, 0.15) is 11.5 Å². The van der Waals surface area contributed by atoms with Gasteiger partial charge in [-0.25, -0.2) is 0 Å². The minimum absolute atomic E-state index is 0.00576. The lowest BCUT2D eigenvalue weighted by Crippen LogP contribution is -2.37. The molecule has 2 aromatic rings. The van der Waals surface area contributed by atoms with E-state index in [0.29, 0.717) is 23.8 Å². The van der Waals surface area contributed by atoms with Gasteiger partial charge in [0.25, 0.3) is 0 Å². The van der Waals surface area contributed by atoms with Crippen LogP contribution in [0.15, 0.2) is 39.3 Å². The van der Waals surface area contributed by atoms with Crippen LogP contribution in [-0.4, -0.2) is 17.1 Å². The van der Waals surface area contributed by atoms with Crippen LogP contribution in [0, 0.1) is 5.92 Å². The van der Waals surface area contributed by atoms with Crippen molar-refractivity contribution in [3.05, 3.63) is 50.4 Å². The number of phenolic OH excluding ortho intramolecular Hbond substituents is 1. The Morgan fingerprint density at radius 1 is 1.07 bits per heavy atom. The molecule has 2 N–H and O–H groups in total. The quantitative estimate of drug-likeness (QED) is 0.443. The normalized spacial score (nSPS) is 12.3. The molecule has 1 atom stereocenters. The molecule has 2 rings (SSSR count). The fourth-order valence-corrected chi connectivity index (χ4v) is 4.09. The number of rotatable bonds is 7. The van der Waals surface area contributed by atoms with Crippen molar-refractivity contribution in [3.63, 3.8) is 0 Å². The molecule has 1 unspecified atom stereocenters. The van der Waals surface area contributed by atoms with Crippen LogP contribution in [0.1, 0.15) is 51.7 Å². The highest BCUT2D eigenvalue weighted by molar-refractivity contribution is 9.11. The van der Waals surface area contributed by atoms with Gasteiger partial charge >= 0.3 is 0 Å². The zero-order chi connectivity index (χ0) is 21.0. The summed E-state index contributed by atoms with van der Waals surface area (Å²) in [6.07, 6.45) is 0.297. The summed E-state index contributed by atoms with van der Waals surface area (Å²) in [4.78, 5) is 12.3. The molecule has 0 aliphatic carbocycles. The van der Waals surface area contributed by atoms with Crippen molar-refractivity contribution in [1.29, 1.82) is 0 Å². The lowest BCUT2D eigenvalue weighted by atomic mass is 10.0. The maximum Gasteiger partial charge on any atom is 0.224 e. The van der Waals surface area contributed by atoms with Crippen LogP contribution >= 0.6 is 31.9 Å². The Morgan fingerprint density at radius 2 is 1.68 bits per heavy atom. The lowest BCUT2D eigenvalue weighted by molar-refractivity contribution is -0.121. The number of benzene rings is 2. The molecule has 0 saturated heterocycles. The molecule has 4 nitrogen and oxygen atoms in total. The predicted molar refractivity (Wildman–Crippen MR) is 120 cm³/mol. The van der Waals surface area contributed by atoms with E-state index in [1.165, 1.54) is 0 Å². The van der Waals surface area contributed by atoms with Gasteiger partial charge in [-0.2, -0.15) is 0 Å². The second-order valence-corrected chi connectivity index (χ2v) is 9.35. The molecule has 0 spiro atoms. The number of hydrogen-bond acceptors (Lipinski definition) is 3. The van der Waals surface area contributed by atoms with Crippen molar-refractivity contribution in [2.75, 3.05) is 0 Å². The van der Waals surface area contributed by atoms with E-state index < -0.39 is 0 Å². The number of amides is 1. The van der Waals surface area contributed by atoms with Gasteiger partial charge in [-0.1, -0.05) is 27.7 Å². The maximum absolute atomic E-state index is 12.3. The molecule has 28 heavy (non-hydrogen) atoms. The molecule has 0 aliphatic rings. The maximum atomic E-state index is 12.3. The van der Waals surface area contributed by atoms with Gasteiger partial charge in [0, 0.05) is 11.6 Å². The van der Waals surface area contributed by atoms with E-state index in [2.05, 4.69) is 51.0 Å². The van der Waals surface area contributed by atoms with Gasteiger partial charge in [-0.05, 0) is 86.5 Å². The molecule has 152 valence electrons. The molecule has 6 heteroatoms. The number of carbonyl (C=O) groups excluding carboxylic acids is 1. The predicted octanol–water partition coefficient (Wildman–Crippen LogP) is 6.54. The fraction of sp³-hybridized carbons (Fsp3) is 0.409. The minimum Gasteiger partial charge on any atom is -0.508 e. The van der Waals surface area contributed by atoms with E-state index in [9.17, 15) is 9.90 Å². The third-order valence-electron chi connectivity index (χ3n) is 4.65. The van der Waals surface area contributed by atoms with E-state index in [-0.39, 0.29) is 23.6 Å². The van der Waals surface area contributed by atoms with Crippen molar-refractivity contribution in [3.8, 4) is 17.2 Å². The summed E-state index contributed by atoms with van der Waals surface area (Å²) < 4.78 is 7.54. The Hall–Kier alpha value is -1.53. The van der Waals surface area contributed by atoms with E-state index >= 15 is 0 Å². The van der Waals surface area contributed by atoms with Crippen LogP contribution in [0.4, 0.5) is 0 Å². The first-order valence-electron chi connectivity index (χ1n) is 9.36. The van der Waals surface area contributed by atoms with Crippen molar-refractivity contribution < 1.29 is 14.6 Å². The van der Waals surface area contributed by atoms with Crippen LogP contribution in [0.25, 0.3) is 0 Å². The molecule has 0 aromatic heterocycles. The highest BCUT2D eigenvalue weighted by Gasteiger charge is 2.16. The summed E-state index contributed by atoms with van der Waals surface area (Å²) in [5.74, 6) is 2.09. The van der Waals surface area contributed by atoms with E-state index in [0.717, 1.165) is 20.1 Å². The Morgan fingerprint density at radius 3 is 2.21 bits per heavy atom. The number of aromatic hydroxyl groups is 1. The molecule has 0 radical (unpaired) electrons.